The van der Waals surface area contributed by atoms with Gasteiger partial charge in [-0.1, -0.05) is 12.2 Å². The van der Waals surface area contributed by atoms with Gasteiger partial charge >= 0.3 is 0 Å². The van der Waals surface area contributed by atoms with Crippen LogP contribution in [-0.2, 0) is 4.79 Å². The number of hydrogen-bond donors (Lipinski definition) is 1. The standard InChI is InChI=1S/C11H19NO2/c1-3-8-12(9-4-2)11(14)7-5-6-10-13/h3-4,13H,1-2,5-10H2. The minimum Gasteiger partial charge on any atom is -0.396 e. The SMILES string of the molecule is C=CCN(CC=C)C(=O)CCCCO. The van der Waals surface area contributed by atoms with Crippen molar-refractivity contribution < 1.29 is 9.90 Å². The second-order valence-corrected chi connectivity index (χ2v) is 3.06. The Labute approximate surface area is 85.7 Å². The quantitative estimate of drug-likeness (QED) is 0.471. The summed E-state index contributed by atoms with van der Waals surface area (Å²) >= 11 is 0. The number of hydrogen-bond acceptors (Lipinski definition) is 2. The van der Waals surface area contributed by atoms with E-state index in [0.29, 0.717) is 25.9 Å². The molecule has 0 bridgehead atoms. The van der Waals surface area contributed by atoms with E-state index in [-0.39, 0.29) is 12.5 Å². The lowest BCUT2D eigenvalue weighted by Gasteiger charge is -2.18. The van der Waals surface area contributed by atoms with Gasteiger partial charge in [0, 0.05) is 26.1 Å². The van der Waals surface area contributed by atoms with Crippen molar-refractivity contribution in [1.29, 1.82) is 0 Å². The summed E-state index contributed by atoms with van der Waals surface area (Å²) in [5.41, 5.74) is 0. The Bertz CT molecular complexity index is 180. The van der Waals surface area contributed by atoms with Gasteiger partial charge < -0.3 is 10.0 Å². The van der Waals surface area contributed by atoms with E-state index in [1.165, 1.54) is 0 Å². The van der Waals surface area contributed by atoms with Crippen molar-refractivity contribution in [1.82, 2.24) is 4.90 Å². The van der Waals surface area contributed by atoms with Gasteiger partial charge in [-0.15, -0.1) is 13.2 Å². The van der Waals surface area contributed by atoms with Gasteiger partial charge in [0.05, 0.1) is 0 Å². The van der Waals surface area contributed by atoms with E-state index >= 15 is 0 Å². The van der Waals surface area contributed by atoms with Crippen LogP contribution in [0.1, 0.15) is 19.3 Å². The third kappa shape index (κ3) is 5.54. The molecule has 1 N–H and O–H groups in total. The molecule has 0 unspecified atom stereocenters. The minimum absolute atomic E-state index is 0.0956. The zero-order valence-electron chi connectivity index (χ0n) is 8.61. The van der Waals surface area contributed by atoms with Crippen LogP contribution >= 0.6 is 0 Å². The molecule has 0 aromatic carbocycles. The Morgan fingerprint density at radius 3 is 2.21 bits per heavy atom. The van der Waals surface area contributed by atoms with E-state index < -0.39 is 0 Å². The van der Waals surface area contributed by atoms with Gasteiger partial charge in [0.2, 0.25) is 5.91 Å². The fraction of sp³-hybridized carbons (Fsp3) is 0.545. The van der Waals surface area contributed by atoms with Crippen molar-refractivity contribution in [3.8, 4) is 0 Å². The third-order valence-electron chi connectivity index (χ3n) is 1.85. The maximum atomic E-state index is 11.5. The van der Waals surface area contributed by atoms with Crippen molar-refractivity contribution >= 4 is 5.91 Å². The van der Waals surface area contributed by atoms with Crippen LogP contribution in [0.3, 0.4) is 0 Å². The molecule has 3 nitrogen and oxygen atoms in total. The predicted octanol–water partition coefficient (Wildman–Crippen LogP) is 1.35. The first-order valence-electron chi connectivity index (χ1n) is 4.86. The van der Waals surface area contributed by atoms with Crippen LogP contribution in [0.15, 0.2) is 25.3 Å². The third-order valence-corrected chi connectivity index (χ3v) is 1.85. The van der Waals surface area contributed by atoms with Gasteiger partial charge in [-0.2, -0.15) is 0 Å². The maximum absolute atomic E-state index is 11.5. The van der Waals surface area contributed by atoms with Crippen molar-refractivity contribution in [3.05, 3.63) is 25.3 Å². The van der Waals surface area contributed by atoms with Gasteiger partial charge in [-0.25, -0.2) is 0 Å². The van der Waals surface area contributed by atoms with Crippen molar-refractivity contribution in [2.45, 2.75) is 19.3 Å². The Hall–Kier alpha value is -1.09. The molecule has 0 heterocycles. The van der Waals surface area contributed by atoms with Crippen LogP contribution in [0.5, 0.6) is 0 Å². The van der Waals surface area contributed by atoms with Crippen molar-refractivity contribution in [2.24, 2.45) is 0 Å². The average Bonchev–Trinajstić information content (AvgIpc) is 2.18. The largest absolute Gasteiger partial charge is 0.396 e. The molecule has 0 radical (unpaired) electrons. The molecule has 0 fully saturated rings. The van der Waals surface area contributed by atoms with E-state index in [9.17, 15) is 4.79 Å². The Kier molecular flexibility index (Phi) is 7.84. The molecule has 0 atom stereocenters. The summed E-state index contributed by atoms with van der Waals surface area (Å²) in [7, 11) is 0. The number of carbonyl (C=O) groups is 1. The molecular formula is C11H19NO2. The number of nitrogens with zero attached hydrogens (tertiary/aromatic N) is 1. The monoisotopic (exact) mass is 197 g/mol. The molecule has 80 valence electrons. The number of aliphatic hydroxyl groups excluding tert-OH is 1. The smallest absolute Gasteiger partial charge is 0.223 e. The van der Waals surface area contributed by atoms with Gasteiger partial charge in [0.15, 0.2) is 0 Å². The Balaban J connectivity index is 3.87. The molecule has 0 saturated heterocycles. The summed E-state index contributed by atoms with van der Waals surface area (Å²) < 4.78 is 0. The maximum Gasteiger partial charge on any atom is 0.223 e. The predicted molar refractivity (Wildman–Crippen MR) is 57.9 cm³/mol. The van der Waals surface area contributed by atoms with Gasteiger partial charge in [-0.05, 0) is 12.8 Å². The molecule has 3 heteroatoms. The number of rotatable bonds is 8. The zero-order valence-corrected chi connectivity index (χ0v) is 8.61. The topological polar surface area (TPSA) is 40.5 Å². The highest BCUT2D eigenvalue weighted by Gasteiger charge is 2.09. The fourth-order valence-electron chi connectivity index (χ4n) is 1.14. The van der Waals surface area contributed by atoms with Crippen LogP contribution in [-0.4, -0.2) is 35.6 Å². The lowest BCUT2D eigenvalue weighted by atomic mass is 10.2. The summed E-state index contributed by atoms with van der Waals surface area (Å²) in [6.45, 7) is 8.45. The summed E-state index contributed by atoms with van der Waals surface area (Å²) in [6.07, 6.45) is 5.31. The molecular weight excluding hydrogens is 178 g/mol. The van der Waals surface area contributed by atoms with Crippen LogP contribution in [0, 0.1) is 0 Å². The summed E-state index contributed by atoms with van der Waals surface area (Å²) in [5, 5.41) is 8.57. The molecule has 0 aromatic rings. The lowest BCUT2D eigenvalue weighted by Crippen LogP contribution is -2.31. The number of amides is 1. The van der Waals surface area contributed by atoms with Crippen LogP contribution < -0.4 is 0 Å². The normalized spacial score (nSPS) is 9.50. The molecule has 0 rings (SSSR count). The van der Waals surface area contributed by atoms with Crippen LogP contribution in [0.25, 0.3) is 0 Å². The van der Waals surface area contributed by atoms with Gasteiger partial charge in [0.1, 0.15) is 0 Å². The number of unbranched alkanes of at least 4 members (excludes halogenated alkanes) is 1. The minimum atomic E-state index is 0.0956. The number of aliphatic hydroxyl groups is 1. The lowest BCUT2D eigenvalue weighted by molar-refractivity contribution is -0.130. The zero-order chi connectivity index (χ0) is 10.8. The Morgan fingerprint density at radius 2 is 1.79 bits per heavy atom. The summed E-state index contributed by atoms with van der Waals surface area (Å²) in [6, 6.07) is 0. The molecule has 0 saturated carbocycles. The number of carbonyl (C=O) groups excluding carboxylic acids is 1. The highest BCUT2D eigenvalue weighted by Crippen LogP contribution is 2.01. The second kappa shape index (κ2) is 8.51. The molecule has 0 aliphatic heterocycles. The van der Waals surface area contributed by atoms with Crippen LogP contribution in [0.4, 0.5) is 0 Å². The molecule has 1 amide bonds. The van der Waals surface area contributed by atoms with E-state index in [4.69, 9.17) is 5.11 Å². The Morgan fingerprint density at radius 1 is 1.21 bits per heavy atom. The first-order chi connectivity index (χ1) is 6.76. The molecule has 0 aliphatic carbocycles. The fourth-order valence-corrected chi connectivity index (χ4v) is 1.14. The summed E-state index contributed by atoms with van der Waals surface area (Å²) in [5.74, 6) is 0.0956. The van der Waals surface area contributed by atoms with E-state index in [1.54, 1.807) is 17.1 Å². The van der Waals surface area contributed by atoms with Gasteiger partial charge in [0.25, 0.3) is 0 Å². The molecule has 0 aliphatic rings. The molecule has 0 aromatic heterocycles. The van der Waals surface area contributed by atoms with E-state index in [2.05, 4.69) is 13.2 Å². The average molecular weight is 197 g/mol. The molecule has 0 spiro atoms. The highest BCUT2D eigenvalue weighted by molar-refractivity contribution is 5.76. The van der Waals surface area contributed by atoms with Crippen molar-refractivity contribution in [2.75, 3.05) is 19.7 Å². The molecule has 14 heavy (non-hydrogen) atoms. The van der Waals surface area contributed by atoms with Crippen molar-refractivity contribution in [3.63, 3.8) is 0 Å². The first-order valence-corrected chi connectivity index (χ1v) is 4.86. The second-order valence-electron chi connectivity index (χ2n) is 3.06. The first kappa shape index (κ1) is 12.9. The van der Waals surface area contributed by atoms with E-state index in [1.807, 2.05) is 0 Å². The van der Waals surface area contributed by atoms with Crippen LogP contribution in [0.2, 0.25) is 0 Å². The highest BCUT2D eigenvalue weighted by atomic mass is 16.2. The van der Waals surface area contributed by atoms with E-state index in [0.717, 1.165) is 6.42 Å². The van der Waals surface area contributed by atoms with Gasteiger partial charge in [-0.3, -0.25) is 4.79 Å². The summed E-state index contributed by atoms with van der Waals surface area (Å²) in [4.78, 5) is 13.2.